The van der Waals surface area contributed by atoms with E-state index >= 15 is 0 Å². The number of fused-ring (bicyclic) bond motifs is 1. The molecule has 41 heavy (non-hydrogen) atoms. The van der Waals surface area contributed by atoms with E-state index in [0.717, 1.165) is 5.56 Å². The summed E-state index contributed by atoms with van der Waals surface area (Å²) < 4.78 is 29.4. The third-order valence-electron chi connectivity index (χ3n) is 6.68. The molecule has 0 aliphatic carbocycles. The van der Waals surface area contributed by atoms with Gasteiger partial charge in [0, 0.05) is 18.8 Å². The average Bonchev–Trinajstić information content (AvgIpc) is 3.44. The fourth-order valence-electron chi connectivity index (χ4n) is 4.83. The molecule has 0 bridgehead atoms. The van der Waals surface area contributed by atoms with Crippen molar-refractivity contribution in [3.63, 3.8) is 0 Å². The number of hydrogen-bond acceptors (Lipinski definition) is 11. The van der Waals surface area contributed by atoms with Crippen LogP contribution in [0, 0.1) is 11.3 Å². The Balaban J connectivity index is 1.38. The van der Waals surface area contributed by atoms with Crippen LogP contribution in [0.1, 0.15) is 38.5 Å². The maximum absolute atomic E-state index is 12.6. The number of alkyl carbamates (subject to hydrolysis) is 1. The van der Waals surface area contributed by atoms with Gasteiger partial charge in [-0.15, -0.1) is 0 Å². The molecule has 2 fully saturated rings. The van der Waals surface area contributed by atoms with Crippen LogP contribution in [0.15, 0.2) is 52.2 Å². The van der Waals surface area contributed by atoms with Crippen LogP contribution < -0.4 is 21.9 Å². The Morgan fingerprint density at radius 3 is 2.59 bits per heavy atom. The van der Waals surface area contributed by atoms with Gasteiger partial charge < -0.3 is 29.0 Å². The number of esters is 1. The van der Waals surface area contributed by atoms with Crippen LogP contribution in [0.4, 0.5) is 4.79 Å². The molecule has 0 radical (unpaired) electrons. The molecule has 2 aliphatic heterocycles. The van der Waals surface area contributed by atoms with Crippen LogP contribution in [0.2, 0.25) is 0 Å². The quantitative estimate of drug-likeness (QED) is 0.255. The monoisotopic (exact) mass is 571 g/mol. The van der Waals surface area contributed by atoms with Crippen molar-refractivity contribution in [2.24, 2.45) is 0 Å². The van der Waals surface area contributed by atoms with Crippen molar-refractivity contribution in [2.75, 3.05) is 13.7 Å². The molecule has 2 aromatic rings. The maximum atomic E-state index is 12.6. The van der Waals surface area contributed by atoms with E-state index in [1.54, 1.807) is 13.8 Å². The Morgan fingerprint density at radius 1 is 1.17 bits per heavy atom. The molecular weight excluding hydrogens is 538 g/mol. The van der Waals surface area contributed by atoms with Crippen LogP contribution in [-0.2, 0) is 35.1 Å². The van der Waals surface area contributed by atoms with Gasteiger partial charge in [-0.3, -0.25) is 24.5 Å². The van der Waals surface area contributed by atoms with Gasteiger partial charge >= 0.3 is 17.8 Å². The number of ether oxygens (including phenoxy) is 5. The van der Waals surface area contributed by atoms with Crippen LogP contribution >= 0.6 is 0 Å². The molecule has 2 saturated heterocycles. The summed E-state index contributed by atoms with van der Waals surface area (Å²) in [7, 11) is 1.23. The summed E-state index contributed by atoms with van der Waals surface area (Å²) in [6, 6.07) is 10.5. The molecule has 14 nitrogen and oxygen atoms in total. The first-order chi connectivity index (χ1) is 19.6. The summed E-state index contributed by atoms with van der Waals surface area (Å²) in [5.74, 6) is -1.65. The number of carbonyl (C=O) groups excluding carboxylic acids is 2. The van der Waals surface area contributed by atoms with Gasteiger partial charge in [-0.05, 0) is 32.3 Å². The molecule has 0 unspecified atom stereocenters. The maximum Gasteiger partial charge on any atom is 0.407 e. The first-order valence-electron chi connectivity index (χ1n) is 13.1. The predicted octanol–water partition coefficient (Wildman–Crippen LogP) is 0.684. The molecular formula is C27H33N5O9. The SMILES string of the molecule is COC(=O)[C@H](CCCNC(=O)OCc1ccccc1)N[C@@H](C#N)[C@H]1O[C@@H](n2ccc(=O)[nH]c2=O)[C@@H]2OC(C)(C)O[C@@H]21. The number of carbonyl (C=O) groups is 2. The molecule has 3 N–H and O–H groups in total. The Labute approximate surface area is 235 Å². The number of nitrogens with zero attached hydrogens (tertiary/aromatic N) is 2. The van der Waals surface area contributed by atoms with Crippen molar-refractivity contribution in [2.45, 2.75) is 75.7 Å². The normalized spacial score (nSPS) is 24.0. The number of nitriles is 1. The number of methoxy groups -OCH3 is 1. The van der Waals surface area contributed by atoms with Gasteiger partial charge in [0.25, 0.3) is 5.56 Å². The van der Waals surface area contributed by atoms with Crippen LogP contribution in [0.25, 0.3) is 0 Å². The number of amides is 1. The summed E-state index contributed by atoms with van der Waals surface area (Å²) in [5.41, 5.74) is -0.430. The van der Waals surface area contributed by atoms with Gasteiger partial charge in [0.05, 0.1) is 13.2 Å². The minimum Gasteiger partial charge on any atom is -0.468 e. The summed E-state index contributed by atoms with van der Waals surface area (Å²) in [4.78, 5) is 50.8. The molecule has 220 valence electrons. The highest BCUT2D eigenvalue weighted by Gasteiger charge is 2.58. The van der Waals surface area contributed by atoms with Gasteiger partial charge in [0.2, 0.25) is 0 Å². The molecule has 1 aromatic carbocycles. The number of aromatic amines is 1. The van der Waals surface area contributed by atoms with Gasteiger partial charge in [0.15, 0.2) is 12.0 Å². The van der Waals surface area contributed by atoms with Crippen molar-refractivity contribution >= 4 is 12.1 Å². The first kappa shape index (κ1) is 29.9. The topological polar surface area (TPSA) is 183 Å². The number of aromatic nitrogens is 2. The zero-order chi connectivity index (χ0) is 29.6. The molecule has 1 amide bonds. The molecule has 14 heteroatoms. The van der Waals surface area contributed by atoms with E-state index in [9.17, 15) is 24.4 Å². The summed E-state index contributed by atoms with van der Waals surface area (Å²) in [6.45, 7) is 3.73. The number of nitrogens with one attached hydrogen (secondary N) is 3. The van der Waals surface area contributed by atoms with Crippen molar-refractivity contribution in [3.8, 4) is 6.07 Å². The van der Waals surface area contributed by atoms with E-state index in [0.29, 0.717) is 6.42 Å². The van der Waals surface area contributed by atoms with Gasteiger partial charge in [-0.2, -0.15) is 5.26 Å². The Hall–Kier alpha value is -4.03. The fraction of sp³-hybridized carbons (Fsp3) is 0.519. The van der Waals surface area contributed by atoms with Crippen molar-refractivity contribution in [1.29, 1.82) is 5.26 Å². The lowest BCUT2D eigenvalue weighted by Gasteiger charge is -2.28. The minimum atomic E-state index is -1.07. The van der Waals surface area contributed by atoms with Crippen molar-refractivity contribution in [3.05, 3.63) is 69.0 Å². The average molecular weight is 572 g/mol. The van der Waals surface area contributed by atoms with Crippen LogP contribution in [0.5, 0.6) is 0 Å². The number of hydrogen-bond donors (Lipinski definition) is 3. The number of benzene rings is 1. The van der Waals surface area contributed by atoms with E-state index in [-0.39, 0.29) is 19.6 Å². The molecule has 4 rings (SSSR count). The van der Waals surface area contributed by atoms with Gasteiger partial charge in [-0.1, -0.05) is 30.3 Å². The second kappa shape index (κ2) is 13.1. The molecule has 3 heterocycles. The third kappa shape index (κ3) is 7.39. The fourth-order valence-corrected chi connectivity index (χ4v) is 4.83. The van der Waals surface area contributed by atoms with Crippen LogP contribution in [0.3, 0.4) is 0 Å². The standard InChI is InChI=1S/C27H33N5O9/c1-27(2)40-21-20(39-23(22(21)41-27)32-13-11-19(33)31-25(32)35)18(14-28)30-17(24(34)37-3)10-7-12-29-26(36)38-15-16-8-5-4-6-9-16/h4-6,8-9,11,13,17-18,20-23,30H,7,10,12,15H2,1-3H3,(H,29,36)(H,31,33,35)/t17-,18-,20+,21+,22+,23+/m0/s1. The van der Waals surface area contributed by atoms with Gasteiger partial charge in [-0.25, -0.2) is 9.59 Å². The second-order valence-corrected chi connectivity index (χ2v) is 10.1. The lowest BCUT2D eigenvalue weighted by Crippen LogP contribution is -2.52. The van der Waals surface area contributed by atoms with Crippen molar-refractivity contribution < 1.29 is 33.3 Å². The smallest absolute Gasteiger partial charge is 0.407 e. The van der Waals surface area contributed by atoms with E-state index in [1.165, 1.54) is 23.9 Å². The second-order valence-electron chi connectivity index (χ2n) is 10.1. The van der Waals surface area contributed by atoms with Gasteiger partial charge in [0.1, 0.15) is 37.0 Å². The third-order valence-corrected chi connectivity index (χ3v) is 6.68. The highest BCUT2D eigenvalue weighted by atomic mass is 16.8. The molecule has 1 aromatic heterocycles. The zero-order valence-electron chi connectivity index (χ0n) is 22.9. The van der Waals surface area contributed by atoms with E-state index in [2.05, 4.69) is 21.7 Å². The summed E-state index contributed by atoms with van der Waals surface area (Å²) >= 11 is 0. The zero-order valence-corrected chi connectivity index (χ0v) is 22.9. The van der Waals surface area contributed by atoms with E-state index in [1.807, 2.05) is 30.3 Å². The number of rotatable bonds is 11. The lowest BCUT2D eigenvalue weighted by molar-refractivity contribution is -0.199. The first-order valence-corrected chi connectivity index (χ1v) is 13.1. The van der Waals surface area contributed by atoms with E-state index < -0.39 is 65.7 Å². The Morgan fingerprint density at radius 2 is 1.90 bits per heavy atom. The van der Waals surface area contributed by atoms with Crippen LogP contribution in [-0.4, -0.2) is 71.5 Å². The van der Waals surface area contributed by atoms with Crippen molar-refractivity contribution in [1.82, 2.24) is 20.2 Å². The summed E-state index contributed by atoms with van der Waals surface area (Å²) in [6.07, 6.45) is -2.23. The number of H-pyrrole nitrogens is 1. The largest absolute Gasteiger partial charge is 0.468 e. The predicted molar refractivity (Wildman–Crippen MR) is 141 cm³/mol. The highest BCUT2D eigenvalue weighted by Crippen LogP contribution is 2.43. The molecule has 0 saturated carbocycles. The molecule has 2 aliphatic rings. The highest BCUT2D eigenvalue weighted by molar-refractivity contribution is 5.75. The Kier molecular flexibility index (Phi) is 9.56. The molecule has 6 atom stereocenters. The molecule has 0 spiro atoms. The lowest BCUT2D eigenvalue weighted by atomic mass is 10.0. The Bertz CT molecular complexity index is 1370. The minimum absolute atomic E-state index is 0.126. The van der Waals surface area contributed by atoms with E-state index in [4.69, 9.17) is 23.7 Å². The summed E-state index contributed by atoms with van der Waals surface area (Å²) in [5, 5.41) is 15.7.